The molecular weight excluding hydrogens is 364 g/mol. The Kier molecular flexibility index (Phi) is 6.80. The molecule has 0 saturated heterocycles. The van der Waals surface area contributed by atoms with Gasteiger partial charge in [0.05, 0.1) is 6.10 Å². The minimum Gasteiger partial charge on any atom is -0.378 e. The Morgan fingerprint density at radius 3 is 2.53 bits per heavy atom. The summed E-state index contributed by atoms with van der Waals surface area (Å²) in [6.07, 6.45) is 18.7. The summed E-state index contributed by atoms with van der Waals surface area (Å²) >= 11 is 0. The number of hydrogen-bond donors (Lipinski definition) is 0. The zero-order valence-corrected chi connectivity index (χ0v) is 21.0. The van der Waals surface area contributed by atoms with Gasteiger partial charge >= 0.3 is 0 Å². The molecule has 3 saturated carbocycles. The minimum absolute atomic E-state index is 0.471. The van der Waals surface area contributed by atoms with Gasteiger partial charge < -0.3 is 4.74 Å². The third-order valence-corrected chi connectivity index (χ3v) is 10.7. The second kappa shape index (κ2) is 8.92. The highest BCUT2D eigenvalue weighted by Crippen LogP contribution is 2.67. The molecule has 1 nitrogen and oxygen atoms in total. The van der Waals surface area contributed by atoms with Crippen molar-refractivity contribution in [2.45, 2.75) is 118 Å². The first-order valence-electron chi connectivity index (χ1n) is 13.6. The lowest BCUT2D eigenvalue weighted by molar-refractivity contribution is -0.0630. The average molecular weight is 415 g/mol. The van der Waals surface area contributed by atoms with E-state index in [-0.39, 0.29) is 0 Å². The van der Waals surface area contributed by atoms with Gasteiger partial charge in [-0.25, -0.2) is 0 Å². The van der Waals surface area contributed by atoms with Crippen LogP contribution in [0.15, 0.2) is 11.6 Å². The molecule has 0 aliphatic heterocycles. The van der Waals surface area contributed by atoms with E-state index in [9.17, 15) is 0 Å². The van der Waals surface area contributed by atoms with Gasteiger partial charge in [0.1, 0.15) is 0 Å². The first-order chi connectivity index (χ1) is 14.3. The second-order valence-corrected chi connectivity index (χ2v) is 12.6. The fraction of sp³-hybridized carbons (Fsp3) is 0.931. The summed E-state index contributed by atoms with van der Waals surface area (Å²) in [5, 5.41) is 0. The molecule has 2 unspecified atom stereocenters. The van der Waals surface area contributed by atoms with E-state index in [4.69, 9.17) is 4.74 Å². The molecule has 0 heterocycles. The summed E-state index contributed by atoms with van der Waals surface area (Å²) in [7, 11) is 0. The Bertz CT molecular complexity index is 620. The molecule has 0 amide bonds. The molecule has 4 aliphatic carbocycles. The number of rotatable bonds is 7. The average Bonchev–Trinajstić information content (AvgIpc) is 3.05. The zero-order chi connectivity index (χ0) is 21.5. The number of hydrogen-bond acceptors (Lipinski definition) is 1. The van der Waals surface area contributed by atoms with E-state index in [0.717, 1.165) is 42.1 Å². The maximum Gasteiger partial charge on any atom is 0.0612 e. The van der Waals surface area contributed by atoms with Gasteiger partial charge in [-0.1, -0.05) is 65.5 Å². The molecule has 3 fully saturated rings. The van der Waals surface area contributed by atoms with Crippen LogP contribution in [0.3, 0.4) is 0 Å². The molecule has 8 atom stereocenters. The smallest absolute Gasteiger partial charge is 0.0612 e. The van der Waals surface area contributed by atoms with Gasteiger partial charge in [0.2, 0.25) is 0 Å². The maximum atomic E-state index is 6.04. The van der Waals surface area contributed by atoms with E-state index < -0.39 is 0 Å². The lowest BCUT2D eigenvalue weighted by atomic mass is 9.47. The normalized spacial score (nSPS) is 44.2. The van der Waals surface area contributed by atoms with Crippen LogP contribution in [0.2, 0.25) is 0 Å². The van der Waals surface area contributed by atoms with E-state index in [1.54, 1.807) is 5.57 Å². The summed E-state index contributed by atoms with van der Waals surface area (Å²) in [5.41, 5.74) is 2.86. The van der Waals surface area contributed by atoms with Gasteiger partial charge in [0, 0.05) is 6.61 Å². The third-order valence-electron chi connectivity index (χ3n) is 10.7. The van der Waals surface area contributed by atoms with Crippen molar-refractivity contribution in [3.63, 3.8) is 0 Å². The lowest BCUT2D eigenvalue weighted by Crippen LogP contribution is -2.51. The van der Waals surface area contributed by atoms with Crippen LogP contribution in [-0.4, -0.2) is 12.7 Å². The Labute approximate surface area is 187 Å². The molecule has 172 valence electrons. The first kappa shape index (κ1) is 22.9. The van der Waals surface area contributed by atoms with E-state index in [0.29, 0.717) is 16.9 Å². The molecule has 0 aromatic rings. The summed E-state index contributed by atoms with van der Waals surface area (Å²) in [4.78, 5) is 0. The monoisotopic (exact) mass is 414 g/mol. The minimum atomic E-state index is 0.471. The fourth-order valence-electron chi connectivity index (χ4n) is 9.03. The van der Waals surface area contributed by atoms with Gasteiger partial charge in [-0.2, -0.15) is 0 Å². The van der Waals surface area contributed by atoms with Crippen molar-refractivity contribution >= 4 is 0 Å². The highest BCUT2D eigenvalue weighted by molar-refractivity contribution is 5.25. The lowest BCUT2D eigenvalue weighted by Gasteiger charge is -2.58. The van der Waals surface area contributed by atoms with E-state index in [1.165, 1.54) is 70.6 Å². The molecule has 4 aliphatic rings. The largest absolute Gasteiger partial charge is 0.378 e. The zero-order valence-electron chi connectivity index (χ0n) is 21.0. The first-order valence-corrected chi connectivity index (χ1v) is 13.6. The topological polar surface area (TPSA) is 9.23 Å². The van der Waals surface area contributed by atoms with Crippen molar-refractivity contribution in [2.75, 3.05) is 6.61 Å². The van der Waals surface area contributed by atoms with Gasteiger partial charge in [0.25, 0.3) is 0 Å². The Morgan fingerprint density at radius 2 is 1.80 bits per heavy atom. The van der Waals surface area contributed by atoms with Gasteiger partial charge in [-0.3, -0.25) is 0 Å². The highest BCUT2D eigenvalue weighted by Gasteiger charge is 2.59. The van der Waals surface area contributed by atoms with Gasteiger partial charge in [0.15, 0.2) is 0 Å². The fourth-order valence-corrected chi connectivity index (χ4v) is 9.03. The summed E-state index contributed by atoms with van der Waals surface area (Å²) in [5.74, 6) is 5.63. The standard InChI is InChI=1S/C29H50O/c1-7-30-23-15-17-28(5)22(19-23)11-12-24-26-14-13-25(21(4)10-8-9-20(2)3)29(26,6)18-16-27(24)28/h11,20-21,23-27H,7-10,12-19H2,1-6H3/t21-,23+,24+,25-,26?,27?,28+,29-/m0/s1. The molecule has 0 bridgehead atoms. The SMILES string of the molecule is CCO[C@@H]1CC[C@]2(C)C(=CC[C@H]3C2CC[C@]2(C)C3CC[C@H]2[C@@H](C)CCCC(C)C)C1. The third kappa shape index (κ3) is 3.95. The molecule has 4 rings (SSSR count). The van der Waals surface area contributed by atoms with Crippen molar-refractivity contribution in [3.05, 3.63) is 11.6 Å². The second-order valence-electron chi connectivity index (χ2n) is 12.6. The molecule has 0 aromatic heterocycles. The van der Waals surface area contributed by atoms with Crippen molar-refractivity contribution < 1.29 is 4.74 Å². The van der Waals surface area contributed by atoms with E-state index >= 15 is 0 Å². The van der Waals surface area contributed by atoms with Crippen molar-refractivity contribution in [1.29, 1.82) is 0 Å². The molecule has 0 radical (unpaired) electrons. The van der Waals surface area contributed by atoms with Crippen molar-refractivity contribution in [3.8, 4) is 0 Å². The predicted octanol–water partition coefficient (Wildman–Crippen LogP) is 8.43. The molecular formula is C29H50O. The van der Waals surface area contributed by atoms with Crippen LogP contribution < -0.4 is 0 Å². The van der Waals surface area contributed by atoms with E-state index in [2.05, 4.69) is 47.6 Å². The van der Waals surface area contributed by atoms with Crippen LogP contribution in [0.1, 0.15) is 112 Å². The van der Waals surface area contributed by atoms with Crippen LogP contribution >= 0.6 is 0 Å². The van der Waals surface area contributed by atoms with Gasteiger partial charge in [-0.15, -0.1) is 0 Å². The molecule has 1 heteroatoms. The Morgan fingerprint density at radius 1 is 1.00 bits per heavy atom. The Hall–Kier alpha value is -0.300. The summed E-state index contributed by atoms with van der Waals surface area (Å²) in [6.45, 7) is 15.7. The highest BCUT2D eigenvalue weighted by atomic mass is 16.5. The van der Waals surface area contributed by atoms with Crippen LogP contribution in [-0.2, 0) is 4.74 Å². The van der Waals surface area contributed by atoms with Gasteiger partial charge in [-0.05, 0) is 105 Å². The van der Waals surface area contributed by atoms with Crippen LogP contribution in [0.25, 0.3) is 0 Å². The Balaban J connectivity index is 1.47. The molecule has 0 aromatic carbocycles. The van der Waals surface area contributed by atoms with Crippen LogP contribution in [0.5, 0.6) is 0 Å². The summed E-state index contributed by atoms with van der Waals surface area (Å²) in [6, 6.07) is 0. The summed E-state index contributed by atoms with van der Waals surface area (Å²) < 4.78 is 6.04. The number of allylic oxidation sites excluding steroid dienone is 1. The molecule has 0 N–H and O–H groups in total. The number of fused-ring (bicyclic) bond motifs is 5. The predicted molar refractivity (Wildman–Crippen MR) is 128 cm³/mol. The van der Waals surface area contributed by atoms with Crippen molar-refractivity contribution in [2.24, 2.45) is 46.3 Å². The molecule has 30 heavy (non-hydrogen) atoms. The number of ether oxygens (including phenoxy) is 1. The van der Waals surface area contributed by atoms with Crippen LogP contribution in [0.4, 0.5) is 0 Å². The van der Waals surface area contributed by atoms with Crippen LogP contribution in [0, 0.1) is 46.3 Å². The quantitative estimate of drug-likeness (QED) is 0.380. The maximum absolute atomic E-state index is 6.04. The van der Waals surface area contributed by atoms with Crippen molar-refractivity contribution in [1.82, 2.24) is 0 Å². The van der Waals surface area contributed by atoms with E-state index in [1.807, 2.05) is 0 Å². The molecule has 0 spiro atoms.